The molecule has 8 heteroatoms. The summed E-state index contributed by atoms with van der Waals surface area (Å²) in [5.41, 5.74) is 0.992. The molecule has 7 nitrogen and oxygen atoms in total. The molecule has 1 spiro atoms. The number of benzene rings is 1. The summed E-state index contributed by atoms with van der Waals surface area (Å²) in [6.07, 6.45) is 8.87. The van der Waals surface area contributed by atoms with E-state index in [-0.39, 0.29) is 37.0 Å². The van der Waals surface area contributed by atoms with Crippen LogP contribution in [-0.2, 0) is 25.5 Å². The lowest BCUT2D eigenvalue weighted by Crippen LogP contribution is -2.59. The molecule has 3 aliphatic heterocycles. The minimum atomic E-state index is -0.746. The van der Waals surface area contributed by atoms with Gasteiger partial charge < -0.3 is 19.6 Å². The SMILES string of the molecule is C=CCN(C(=O)C1N([C@@H](CO)Cc2ccccc2)C(=O)[C@@H]2[C@@H](C(=O)OCC)[C@@]3(C)CCC12S3)C1CCCCC1. The number of amides is 2. The van der Waals surface area contributed by atoms with Gasteiger partial charge in [-0.3, -0.25) is 14.4 Å². The van der Waals surface area contributed by atoms with Crippen molar-refractivity contribution in [2.45, 2.75) is 92.8 Å². The second-order valence-corrected chi connectivity index (χ2v) is 13.7. The highest BCUT2D eigenvalue weighted by molar-refractivity contribution is 8.02. The molecular formula is C31H42N2O5S. The fourth-order valence-electron chi connectivity index (χ4n) is 7.87. The van der Waals surface area contributed by atoms with Gasteiger partial charge in [0.2, 0.25) is 11.8 Å². The van der Waals surface area contributed by atoms with Crippen LogP contribution in [0.1, 0.15) is 64.4 Å². The molecule has 0 aromatic heterocycles. The van der Waals surface area contributed by atoms with Gasteiger partial charge in [-0.2, -0.15) is 0 Å². The van der Waals surface area contributed by atoms with Crippen molar-refractivity contribution in [3.8, 4) is 0 Å². The second-order valence-electron chi connectivity index (χ2n) is 11.8. The summed E-state index contributed by atoms with van der Waals surface area (Å²) in [5, 5.41) is 10.7. The largest absolute Gasteiger partial charge is 0.466 e. The van der Waals surface area contributed by atoms with E-state index in [1.807, 2.05) is 35.2 Å². The Morgan fingerprint density at radius 1 is 1.23 bits per heavy atom. The Morgan fingerprint density at radius 3 is 2.59 bits per heavy atom. The number of aliphatic hydroxyl groups is 1. The molecular weight excluding hydrogens is 512 g/mol. The van der Waals surface area contributed by atoms with E-state index in [9.17, 15) is 19.5 Å². The third-order valence-corrected chi connectivity index (χ3v) is 11.5. The Labute approximate surface area is 236 Å². The molecule has 1 saturated carbocycles. The Hall–Kier alpha value is -2.32. The Bertz CT molecular complexity index is 1090. The summed E-state index contributed by atoms with van der Waals surface area (Å²) in [5.74, 6) is -1.86. The maximum absolute atomic E-state index is 14.8. The zero-order chi connectivity index (χ0) is 27.8. The average Bonchev–Trinajstić information content (AvgIpc) is 3.52. The molecule has 2 amide bonds. The van der Waals surface area contributed by atoms with Crippen LogP contribution in [0, 0.1) is 11.8 Å². The maximum Gasteiger partial charge on any atom is 0.311 e. The van der Waals surface area contributed by atoms with Gasteiger partial charge in [0, 0.05) is 17.3 Å². The number of fused-ring (bicyclic) bond motifs is 1. The topological polar surface area (TPSA) is 87.2 Å². The first-order valence-electron chi connectivity index (χ1n) is 14.6. The minimum absolute atomic E-state index is 0.0644. The number of aliphatic hydroxyl groups excluding tert-OH is 1. The van der Waals surface area contributed by atoms with Gasteiger partial charge >= 0.3 is 5.97 Å². The van der Waals surface area contributed by atoms with Gasteiger partial charge in [-0.1, -0.05) is 55.7 Å². The molecule has 5 rings (SSSR count). The predicted octanol–water partition coefficient (Wildman–Crippen LogP) is 3.98. The fourth-order valence-corrected chi connectivity index (χ4v) is 10.2. The molecule has 39 heavy (non-hydrogen) atoms. The predicted molar refractivity (Wildman–Crippen MR) is 152 cm³/mol. The van der Waals surface area contributed by atoms with Crippen molar-refractivity contribution < 1.29 is 24.2 Å². The standard InChI is InChI=1S/C31H42N2O5S/c1-4-18-32(22-14-10-7-11-15-22)28(36)26-31-17-16-30(3,39-31)25(29(37)38-5-2)24(31)27(35)33(26)23(20-34)19-21-12-8-6-9-13-21/h4,6,8-9,12-13,22-26,34H,1,5,7,10-11,14-20H2,2-3H3/t23-,24+,25+,26?,30-,31?/m1/s1. The van der Waals surface area contributed by atoms with Gasteiger partial charge in [0.15, 0.2) is 0 Å². The number of hydrogen-bond acceptors (Lipinski definition) is 6. The van der Waals surface area contributed by atoms with Gasteiger partial charge in [0.1, 0.15) is 6.04 Å². The molecule has 1 aromatic carbocycles. The quantitative estimate of drug-likeness (QED) is 0.348. The molecule has 4 fully saturated rings. The number of nitrogens with zero attached hydrogens (tertiary/aromatic N) is 2. The first-order valence-corrected chi connectivity index (χ1v) is 15.4. The molecule has 3 saturated heterocycles. The third-order valence-electron chi connectivity index (χ3n) is 9.53. The van der Waals surface area contributed by atoms with Gasteiger partial charge in [-0.25, -0.2) is 0 Å². The van der Waals surface area contributed by atoms with Crippen LogP contribution in [0.4, 0.5) is 0 Å². The van der Waals surface area contributed by atoms with Crippen molar-refractivity contribution in [1.82, 2.24) is 9.80 Å². The Balaban J connectivity index is 1.59. The van der Waals surface area contributed by atoms with Crippen LogP contribution in [-0.4, -0.2) is 80.1 Å². The fraction of sp³-hybridized carbons (Fsp3) is 0.645. The zero-order valence-electron chi connectivity index (χ0n) is 23.2. The monoisotopic (exact) mass is 554 g/mol. The van der Waals surface area contributed by atoms with Crippen LogP contribution in [0.15, 0.2) is 43.0 Å². The molecule has 6 atom stereocenters. The molecule has 1 aromatic rings. The summed E-state index contributed by atoms with van der Waals surface area (Å²) in [7, 11) is 0. The molecule has 2 unspecified atom stereocenters. The first-order chi connectivity index (χ1) is 18.8. The Morgan fingerprint density at radius 2 is 1.95 bits per heavy atom. The number of carbonyl (C=O) groups excluding carboxylic acids is 3. The number of ether oxygens (including phenoxy) is 1. The molecule has 212 valence electrons. The van der Waals surface area contributed by atoms with E-state index in [1.54, 1.807) is 29.7 Å². The summed E-state index contributed by atoms with van der Waals surface area (Å²) >= 11 is 1.66. The number of esters is 1. The summed E-state index contributed by atoms with van der Waals surface area (Å²) < 4.78 is 4.33. The van der Waals surface area contributed by atoms with E-state index in [0.717, 1.165) is 37.7 Å². The smallest absolute Gasteiger partial charge is 0.311 e. The summed E-state index contributed by atoms with van der Waals surface area (Å²) in [6.45, 7) is 8.20. The van der Waals surface area contributed by atoms with Gasteiger partial charge in [0.05, 0.1) is 35.8 Å². The van der Waals surface area contributed by atoms with E-state index in [0.29, 0.717) is 19.4 Å². The van der Waals surface area contributed by atoms with Crippen molar-refractivity contribution in [2.75, 3.05) is 19.8 Å². The first kappa shape index (κ1) is 28.2. The van der Waals surface area contributed by atoms with Crippen molar-refractivity contribution >= 4 is 29.5 Å². The minimum Gasteiger partial charge on any atom is -0.466 e. The average molecular weight is 555 g/mol. The highest BCUT2D eigenvalue weighted by Gasteiger charge is 2.78. The number of thioether (sulfide) groups is 1. The molecule has 1 N–H and O–H groups in total. The lowest BCUT2D eigenvalue weighted by molar-refractivity contribution is -0.155. The number of hydrogen-bond donors (Lipinski definition) is 1. The zero-order valence-corrected chi connectivity index (χ0v) is 24.0. The molecule has 2 bridgehead atoms. The summed E-state index contributed by atoms with van der Waals surface area (Å²) in [6, 6.07) is 8.57. The van der Waals surface area contributed by atoms with Crippen LogP contribution in [0.25, 0.3) is 0 Å². The number of carbonyl (C=O) groups is 3. The van der Waals surface area contributed by atoms with E-state index < -0.39 is 33.4 Å². The lowest BCUT2D eigenvalue weighted by Gasteiger charge is -2.42. The van der Waals surface area contributed by atoms with Crippen molar-refractivity contribution in [1.29, 1.82) is 0 Å². The molecule has 1 aliphatic carbocycles. The third kappa shape index (κ3) is 4.71. The van der Waals surface area contributed by atoms with Crippen molar-refractivity contribution in [3.63, 3.8) is 0 Å². The molecule has 0 radical (unpaired) electrons. The number of rotatable bonds is 10. The highest BCUT2D eigenvalue weighted by atomic mass is 32.2. The number of likely N-dealkylation sites (tertiary alicyclic amines) is 1. The second kappa shape index (κ2) is 11.3. The lowest BCUT2D eigenvalue weighted by atomic mass is 9.66. The van der Waals surface area contributed by atoms with Gasteiger partial charge in [0.25, 0.3) is 0 Å². The van der Waals surface area contributed by atoms with Crippen LogP contribution in [0.2, 0.25) is 0 Å². The van der Waals surface area contributed by atoms with Crippen LogP contribution in [0.5, 0.6) is 0 Å². The van der Waals surface area contributed by atoms with E-state index in [2.05, 4.69) is 13.5 Å². The highest BCUT2D eigenvalue weighted by Crippen LogP contribution is 2.71. The molecule has 3 heterocycles. The normalized spacial score (nSPS) is 32.6. The van der Waals surface area contributed by atoms with Crippen molar-refractivity contribution in [3.05, 3.63) is 48.6 Å². The van der Waals surface area contributed by atoms with Crippen LogP contribution < -0.4 is 0 Å². The van der Waals surface area contributed by atoms with Crippen LogP contribution in [0.3, 0.4) is 0 Å². The van der Waals surface area contributed by atoms with E-state index in [1.165, 1.54) is 6.42 Å². The van der Waals surface area contributed by atoms with Crippen LogP contribution >= 0.6 is 11.8 Å². The van der Waals surface area contributed by atoms with E-state index >= 15 is 0 Å². The van der Waals surface area contributed by atoms with E-state index in [4.69, 9.17) is 4.74 Å². The molecule has 4 aliphatic rings. The summed E-state index contributed by atoms with van der Waals surface area (Å²) in [4.78, 5) is 46.3. The van der Waals surface area contributed by atoms with Gasteiger partial charge in [-0.15, -0.1) is 18.3 Å². The van der Waals surface area contributed by atoms with Gasteiger partial charge in [-0.05, 0) is 51.5 Å². The maximum atomic E-state index is 14.8. The van der Waals surface area contributed by atoms with Crippen molar-refractivity contribution in [2.24, 2.45) is 11.8 Å². The Kier molecular flexibility index (Phi) is 8.16.